The Hall–Kier alpha value is -5.69. The lowest BCUT2D eigenvalue weighted by molar-refractivity contribution is 0.568. The summed E-state index contributed by atoms with van der Waals surface area (Å²) in [6, 6.07) is 19.2. The molecule has 0 saturated carbocycles. The molecule has 11 nitrogen and oxygen atoms in total. The maximum atomic E-state index is 13.6. The Morgan fingerprint density at radius 1 is 0.709 bits per heavy atom. The number of hydrogen-bond donors (Lipinski definition) is 2. The third-order valence-corrected chi connectivity index (χ3v) is 10.2. The van der Waals surface area contributed by atoms with Crippen molar-refractivity contribution in [1.29, 1.82) is 0 Å². The van der Waals surface area contributed by atoms with Gasteiger partial charge in [0.1, 0.15) is 52.9 Å². The van der Waals surface area contributed by atoms with Crippen LogP contribution >= 0.6 is 11.6 Å². The summed E-state index contributed by atoms with van der Waals surface area (Å²) in [4.78, 5) is 26.9. The predicted molar refractivity (Wildman–Crippen MR) is 215 cm³/mol. The average molecular weight is 764 g/mol. The highest BCUT2D eigenvalue weighted by atomic mass is 35.5. The molecular formula is C41H44ClF2N11. The fourth-order valence-electron chi connectivity index (χ4n) is 7.49. The van der Waals surface area contributed by atoms with Gasteiger partial charge in [0, 0.05) is 66.9 Å². The Morgan fingerprint density at radius 2 is 1.24 bits per heavy atom. The molecular weight excluding hydrogens is 720 g/mol. The monoisotopic (exact) mass is 763 g/mol. The van der Waals surface area contributed by atoms with E-state index in [0.717, 1.165) is 87.3 Å². The molecule has 0 spiro atoms. The first kappa shape index (κ1) is 37.6. The third-order valence-electron chi connectivity index (χ3n) is 10.00. The van der Waals surface area contributed by atoms with Gasteiger partial charge in [0.2, 0.25) is 5.28 Å². The molecule has 55 heavy (non-hydrogen) atoms. The second-order valence-electron chi connectivity index (χ2n) is 15.2. The van der Waals surface area contributed by atoms with Crippen LogP contribution in [0.25, 0.3) is 5.69 Å². The standard InChI is InChI=1S/C26H28FN7.C15H16ClFN4/c1-16-12-18(6-11-21(16)34-15-29-17(2)32-34)13-22-30-24(28-5)23-25(31-22)33(14-26(23,3)4)20-9-7-19(27)8-10-20;1-15(2)8-21(10-6-4-9(17)5-7-10)13-11(15)12(18-3)19-14(16)20-13/h6-12,15H,13-14H2,1-5H3,(H,28,30,31);4-7H,8H2,1-3H3,(H,18,19,20). The van der Waals surface area contributed by atoms with Crippen molar-refractivity contribution in [2.24, 2.45) is 0 Å². The van der Waals surface area contributed by atoms with Crippen LogP contribution in [0.2, 0.25) is 5.28 Å². The van der Waals surface area contributed by atoms with Crippen LogP contribution in [0.5, 0.6) is 0 Å². The van der Waals surface area contributed by atoms with Crippen LogP contribution in [0.3, 0.4) is 0 Å². The van der Waals surface area contributed by atoms with Crippen molar-refractivity contribution < 1.29 is 8.78 Å². The molecule has 2 N–H and O–H groups in total. The van der Waals surface area contributed by atoms with Crippen molar-refractivity contribution in [3.63, 3.8) is 0 Å². The number of aromatic nitrogens is 7. The van der Waals surface area contributed by atoms with E-state index < -0.39 is 0 Å². The van der Waals surface area contributed by atoms with Gasteiger partial charge in [0.05, 0.1) is 5.69 Å². The van der Waals surface area contributed by atoms with E-state index in [1.165, 1.54) is 24.3 Å². The van der Waals surface area contributed by atoms with Gasteiger partial charge in [-0.25, -0.2) is 33.4 Å². The van der Waals surface area contributed by atoms with E-state index in [-0.39, 0.29) is 27.7 Å². The molecule has 3 aromatic carbocycles. The summed E-state index contributed by atoms with van der Waals surface area (Å²) in [6.07, 6.45) is 2.32. The summed E-state index contributed by atoms with van der Waals surface area (Å²) in [7, 11) is 3.71. The maximum Gasteiger partial charge on any atom is 0.226 e. The molecule has 0 saturated heterocycles. The Labute approximate surface area is 324 Å². The van der Waals surface area contributed by atoms with Crippen LogP contribution in [0, 0.1) is 25.5 Å². The number of fused-ring (bicyclic) bond motifs is 2. The van der Waals surface area contributed by atoms with E-state index in [4.69, 9.17) is 21.6 Å². The Morgan fingerprint density at radius 3 is 1.73 bits per heavy atom. The van der Waals surface area contributed by atoms with Gasteiger partial charge < -0.3 is 20.4 Å². The number of nitrogens with one attached hydrogen (secondary N) is 2. The van der Waals surface area contributed by atoms with Crippen molar-refractivity contribution in [2.75, 3.05) is 47.6 Å². The highest BCUT2D eigenvalue weighted by Crippen LogP contribution is 2.47. The first-order valence-electron chi connectivity index (χ1n) is 18.1. The van der Waals surface area contributed by atoms with E-state index >= 15 is 0 Å². The zero-order valence-corrected chi connectivity index (χ0v) is 33.0. The molecule has 0 bridgehead atoms. The average Bonchev–Trinajstić information content (AvgIpc) is 3.78. The highest BCUT2D eigenvalue weighted by molar-refractivity contribution is 6.28. The number of hydrogen-bond acceptors (Lipinski definition) is 10. The molecule has 14 heteroatoms. The molecule has 284 valence electrons. The molecule has 0 aliphatic carbocycles. The predicted octanol–water partition coefficient (Wildman–Crippen LogP) is 8.62. The maximum absolute atomic E-state index is 13.6. The molecule has 0 unspecified atom stereocenters. The van der Waals surface area contributed by atoms with Crippen molar-refractivity contribution in [3.05, 3.63) is 124 Å². The van der Waals surface area contributed by atoms with Gasteiger partial charge in [-0.3, -0.25) is 0 Å². The second kappa shape index (κ2) is 14.5. The fourth-order valence-corrected chi connectivity index (χ4v) is 7.66. The van der Waals surface area contributed by atoms with Crippen molar-refractivity contribution in [2.45, 2.75) is 58.8 Å². The summed E-state index contributed by atoms with van der Waals surface area (Å²) in [6.45, 7) is 14.1. The number of nitrogens with zero attached hydrogens (tertiary/aromatic N) is 9. The number of rotatable bonds is 7. The van der Waals surface area contributed by atoms with Crippen LogP contribution in [0.4, 0.5) is 43.4 Å². The molecule has 2 aliphatic heterocycles. The number of benzene rings is 3. The van der Waals surface area contributed by atoms with Gasteiger partial charge in [-0.1, -0.05) is 39.8 Å². The van der Waals surface area contributed by atoms with Gasteiger partial charge in [0.25, 0.3) is 0 Å². The van der Waals surface area contributed by atoms with Crippen LogP contribution in [-0.4, -0.2) is 61.9 Å². The molecule has 8 rings (SSSR count). The SMILES string of the molecule is CNc1nc(Cc2ccc(-n3cnc(C)n3)c(C)c2)nc2c1C(C)(C)CN2c1ccc(F)cc1.CNc1nc(Cl)nc2c1C(C)(C)CN2c1ccc(F)cc1. The summed E-state index contributed by atoms with van der Waals surface area (Å²) in [5.74, 6) is 4.18. The summed E-state index contributed by atoms with van der Waals surface area (Å²) in [5, 5.41) is 11.0. The number of aryl methyl sites for hydroxylation is 2. The Bertz CT molecular complexity index is 2360. The van der Waals surface area contributed by atoms with Gasteiger partial charge >= 0.3 is 0 Å². The van der Waals surface area contributed by atoms with E-state index in [1.54, 1.807) is 35.3 Å². The summed E-state index contributed by atoms with van der Waals surface area (Å²) < 4.78 is 28.5. The molecule has 5 heterocycles. The van der Waals surface area contributed by atoms with Crippen LogP contribution < -0.4 is 20.4 Å². The minimum atomic E-state index is -0.255. The van der Waals surface area contributed by atoms with Gasteiger partial charge in [-0.15, -0.1) is 0 Å². The van der Waals surface area contributed by atoms with Crippen LogP contribution in [-0.2, 0) is 17.3 Å². The topological polar surface area (TPSA) is 113 Å². The van der Waals surface area contributed by atoms with Crippen molar-refractivity contribution in [1.82, 2.24) is 34.7 Å². The van der Waals surface area contributed by atoms with E-state index in [1.807, 2.05) is 25.9 Å². The van der Waals surface area contributed by atoms with Crippen molar-refractivity contribution in [3.8, 4) is 5.69 Å². The summed E-state index contributed by atoms with van der Waals surface area (Å²) in [5.41, 5.74) is 6.84. The molecule has 6 aromatic rings. The van der Waals surface area contributed by atoms with Crippen LogP contribution in [0.15, 0.2) is 73.1 Å². The minimum Gasteiger partial charge on any atom is -0.373 e. The Balaban J connectivity index is 0.000000190. The Kier molecular flexibility index (Phi) is 9.93. The minimum absolute atomic E-state index is 0.132. The molecule has 0 amide bonds. The lowest BCUT2D eigenvalue weighted by Gasteiger charge is -2.21. The highest BCUT2D eigenvalue weighted by Gasteiger charge is 2.41. The van der Waals surface area contributed by atoms with E-state index in [0.29, 0.717) is 6.42 Å². The third kappa shape index (κ3) is 7.40. The number of anilines is 6. The zero-order valence-electron chi connectivity index (χ0n) is 32.2. The van der Waals surface area contributed by atoms with Crippen LogP contribution in [0.1, 0.15) is 61.6 Å². The summed E-state index contributed by atoms with van der Waals surface area (Å²) >= 11 is 6.03. The van der Waals surface area contributed by atoms with E-state index in [9.17, 15) is 8.78 Å². The largest absolute Gasteiger partial charge is 0.373 e. The lowest BCUT2D eigenvalue weighted by Crippen LogP contribution is -2.25. The van der Waals surface area contributed by atoms with Gasteiger partial charge in [0.15, 0.2) is 0 Å². The quantitative estimate of drug-likeness (QED) is 0.153. The van der Waals surface area contributed by atoms with Crippen molar-refractivity contribution >= 4 is 46.2 Å². The molecule has 0 radical (unpaired) electrons. The fraction of sp³-hybridized carbons (Fsp3) is 0.317. The molecule has 2 aliphatic rings. The second-order valence-corrected chi connectivity index (χ2v) is 15.5. The number of halogens is 3. The first-order valence-corrected chi connectivity index (χ1v) is 18.4. The first-order chi connectivity index (χ1) is 26.2. The van der Waals surface area contributed by atoms with Gasteiger partial charge in [-0.05, 0) is 91.2 Å². The van der Waals surface area contributed by atoms with Gasteiger partial charge in [-0.2, -0.15) is 10.1 Å². The molecule has 3 aromatic heterocycles. The lowest BCUT2D eigenvalue weighted by atomic mass is 9.88. The van der Waals surface area contributed by atoms with E-state index in [2.05, 4.69) is 88.4 Å². The normalized spacial score (nSPS) is 15.0. The molecule has 0 atom stereocenters. The smallest absolute Gasteiger partial charge is 0.226 e. The zero-order chi connectivity index (χ0) is 39.2. The molecule has 0 fully saturated rings.